The van der Waals surface area contributed by atoms with Crippen LogP contribution in [0.5, 0.6) is 0 Å². The van der Waals surface area contributed by atoms with Crippen molar-refractivity contribution in [3.63, 3.8) is 0 Å². The zero-order valence-corrected chi connectivity index (χ0v) is 21.2. The van der Waals surface area contributed by atoms with Crippen LogP contribution >= 0.6 is 7.82 Å². The molecule has 0 radical (unpaired) electrons. The number of nitro groups is 1. The maximum absolute atomic E-state index is 12.7. The fourth-order valence-electron chi connectivity index (χ4n) is 3.50. The van der Waals surface area contributed by atoms with Crippen LogP contribution in [0.3, 0.4) is 0 Å². The quantitative estimate of drug-likeness (QED) is 0.164. The van der Waals surface area contributed by atoms with Crippen molar-refractivity contribution in [2.45, 2.75) is 37.3 Å². The SMILES string of the molecule is CC(CNN(C(=O)O)[C@@H](Cc1ccccc1)[C@@H](C)OP(=O)(O)O)CS(=O)(=O)c1ccc([N+](=O)[O-])cc1. The van der Waals surface area contributed by atoms with Crippen LogP contribution in [0, 0.1) is 16.0 Å². The van der Waals surface area contributed by atoms with Gasteiger partial charge in [0, 0.05) is 18.7 Å². The van der Waals surface area contributed by atoms with Gasteiger partial charge in [0.25, 0.3) is 5.69 Å². The third-order valence-corrected chi connectivity index (χ3v) is 7.80. The molecule has 15 heteroatoms. The number of hydrogen-bond acceptors (Lipinski definition) is 8. The van der Waals surface area contributed by atoms with Crippen LogP contribution < -0.4 is 5.43 Å². The highest BCUT2D eigenvalue weighted by molar-refractivity contribution is 7.91. The van der Waals surface area contributed by atoms with E-state index in [4.69, 9.17) is 4.52 Å². The Bertz CT molecular complexity index is 1190. The summed E-state index contributed by atoms with van der Waals surface area (Å²) in [5, 5.41) is 21.3. The van der Waals surface area contributed by atoms with E-state index >= 15 is 0 Å². The van der Waals surface area contributed by atoms with Crippen molar-refractivity contribution in [1.82, 2.24) is 10.4 Å². The number of non-ortho nitro benzene ring substituents is 1. The number of hydrazine groups is 1. The maximum Gasteiger partial charge on any atom is 0.469 e. The minimum absolute atomic E-state index is 0.0524. The minimum Gasteiger partial charge on any atom is -0.464 e. The number of phosphoric ester groups is 1. The van der Waals surface area contributed by atoms with Crippen molar-refractivity contribution in [3.8, 4) is 0 Å². The normalized spacial score (nSPS) is 14.6. The average Bonchev–Trinajstić information content (AvgIpc) is 2.77. The molecule has 1 unspecified atom stereocenters. The zero-order valence-electron chi connectivity index (χ0n) is 19.5. The average molecular weight is 546 g/mol. The standard InChI is InChI=1S/C21H28N3O10PS/c1-15(14-36(32,33)19-10-8-18(9-11-19)24(27)28)13-22-23(21(25)26)20(16(2)34-35(29,30)31)12-17-6-4-3-5-7-17/h3-11,15-16,20,22H,12-14H2,1-2H3,(H,25,26)(H2,29,30,31)/t15?,16-,20+/m1/s1. The van der Waals surface area contributed by atoms with E-state index < -0.39 is 46.7 Å². The summed E-state index contributed by atoms with van der Waals surface area (Å²) in [6.07, 6.45) is -2.63. The van der Waals surface area contributed by atoms with Gasteiger partial charge in [-0.1, -0.05) is 37.3 Å². The number of nitro benzene ring substituents is 1. The summed E-state index contributed by atoms with van der Waals surface area (Å²) in [4.78, 5) is 40.5. The molecular formula is C21H28N3O10PS. The molecule has 0 heterocycles. The molecule has 2 aromatic carbocycles. The Morgan fingerprint density at radius 3 is 2.22 bits per heavy atom. The van der Waals surface area contributed by atoms with Crippen LogP contribution in [0.2, 0.25) is 0 Å². The Morgan fingerprint density at radius 2 is 1.72 bits per heavy atom. The second-order valence-electron chi connectivity index (χ2n) is 8.21. The van der Waals surface area contributed by atoms with Crippen molar-refractivity contribution in [2.24, 2.45) is 5.92 Å². The predicted octanol–water partition coefficient (Wildman–Crippen LogP) is 2.60. The van der Waals surface area contributed by atoms with Crippen LogP contribution in [0.4, 0.5) is 10.5 Å². The van der Waals surface area contributed by atoms with Gasteiger partial charge in [-0.15, -0.1) is 0 Å². The first-order valence-electron chi connectivity index (χ1n) is 10.7. The third kappa shape index (κ3) is 8.97. The van der Waals surface area contributed by atoms with E-state index in [1.165, 1.54) is 6.92 Å². The van der Waals surface area contributed by atoms with Crippen molar-refractivity contribution >= 4 is 29.4 Å². The van der Waals surface area contributed by atoms with Gasteiger partial charge in [-0.3, -0.25) is 14.6 Å². The second kappa shape index (κ2) is 12.4. The van der Waals surface area contributed by atoms with Gasteiger partial charge >= 0.3 is 13.9 Å². The summed E-state index contributed by atoms with van der Waals surface area (Å²) < 4.78 is 41.6. The van der Waals surface area contributed by atoms with Crippen LogP contribution in [-0.2, 0) is 25.3 Å². The molecule has 36 heavy (non-hydrogen) atoms. The van der Waals surface area contributed by atoms with E-state index in [0.717, 1.165) is 29.3 Å². The van der Waals surface area contributed by atoms with E-state index in [-0.39, 0.29) is 29.3 Å². The topological polar surface area (TPSA) is 197 Å². The Balaban J connectivity index is 2.16. The van der Waals surface area contributed by atoms with Crippen molar-refractivity contribution in [2.75, 3.05) is 12.3 Å². The Labute approximate surface area is 208 Å². The molecule has 0 aliphatic rings. The molecule has 1 amide bonds. The summed E-state index contributed by atoms with van der Waals surface area (Å²) in [5.41, 5.74) is 3.08. The molecule has 0 saturated heterocycles. The molecule has 198 valence electrons. The van der Waals surface area contributed by atoms with Crippen molar-refractivity contribution < 1.29 is 42.1 Å². The van der Waals surface area contributed by atoms with Crippen LogP contribution in [-0.4, -0.2) is 63.8 Å². The highest BCUT2D eigenvalue weighted by Gasteiger charge is 2.34. The molecular weight excluding hydrogens is 517 g/mol. The highest BCUT2D eigenvalue weighted by Crippen LogP contribution is 2.39. The van der Waals surface area contributed by atoms with E-state index in [9.17, 15) is 42.8 Å². The number of nitrogens with zero attached hydrogens (tertiary/aromatic N) is 2. The van der Waals surface area contributed by atoms with Crippen molar-refractivity contribution in [1.29, 1.82) is 0 Å². The van der Waals surface area contributed by atoms with Gasteiger partial charge < -0.3 is 14.9 Å². The number of sulfone groups is 1. The zero-order chi connectivity index (χ0) is 27.1. The molecule has 2 rings (SSSR count). The number of rotatable bonds is 13. The third-order valence-electron chi connectivity index (χ3n) is 5.19. The lowest BCUT2D eigenvalue weighted by Gasteiger charge is -2.34. The van der Waals surface area contributed by atoms with E-state index in [1.807, 2.05) is 0 Å². The molecule has 0 aromatic heterocycles. The minimum atomic E-state index is -4.93. The van der Waals surface area contributed by atoms with Gasteiger partial charge in [0.1, 0.15) is 0 Å². The molecule has 0 aliphatic carbocycles. The number of nitrogens with one attached hydrogen (secondary N) is 1. The van der Waals surface area contributed by atoms with E-state index in [0.29, 0.717) is 5.56 Å². The molecule has 0 fully saturated rings. The molecule has 2 aromatic rings. The van der Waals surface area contributed by atoms with E-state index in [2.05, 4.69) is 5.43 Å². The number of phosphoric acid groups is 1. The molecule has 4 N–H and O–H groups in total. The monoisotopic (exact) mass is 545 g/mol. The number of benzene rings is 2. The summed E-state index contributed by atoms with van der Waals surface area (Å²) in [6.45, 7) is 2.77. The van der Waals surface area contributed by atoms with Gasteiger partial charge in [0.2, 0.25) is 0 Å². The number of hydrogen-bond donors (Lipinski definition) is 4. The van der Waals surface area contributed by atoms with Gasteiger partial charge in [0.15, 0.2) is 9.84 Å². The first-order chi connectivity index (χ1) is 16.7. The van der Waals surface area contributed by atoms with Gasteiger partial charge in [0.05, 0.1) is 27.7 Å². The van der Waals surface area contributed by atoms with Crippen LogP contribution in [0.15, 0.2) is 59.5 Å². The number of carbonyl (C=O) groups is 1. The number of carboxylic acid groups (broad SMARTS) is 1. The van der Waals surface area contributed by atoms with Gasteiger partial charge in [-0.2, -0.15) is 0 Å². The predicted molar refractivity (Wildman–Crippen MR) is 129 cm³/mol. The second-order valence-corrected chi connectivity index (χ2v) is 11.4. The first kappa shape index (κ1) is 29.4. The fraction of sp³-hybridized carbons (Fsp3) is 0.381. The van der Waals surface area contributed by atoms with Gasteiger partial charge in [-0.05, 0) is 37.0 Å². The number of amides is 1. The Morgan fingerprint density at radius 1 is 1.14 bits per heavy atom. The van der Waals surface area contributed by atoms with Crippen molar-refractivity contribution in [3.05, 3.63) is 70.3 Å². The molecule has 3 atom stereocenters. The summed E-state index contributed by atoms with van der Waals surface area (Å²) in [5.74, 6) is -0.995. The Hall–Kier alpha value is -2.87. The lowest BCUT2D eigenvalue weighted by Crippen LogP contribution is -2.55. The molecule has 13 nitrogen and oxygen atoms in total. The summed E-state index contributed by atoms with van der Waals surface area (Å²) in [7, 11) is -8.76. The molecule has 0 bridgehead atoms. The fourth-order valence-corrected chi connectivity index (χ4v) is 5.68. The van der Waals surface area contributed by atoms with Crippen LogP contribution in [0.1, 0.15) is 19.4 Å². The largest absolute Gasteiger partial charge is 0.469 e. The lowest BCUT2D eigenvalue weighted by atomic mass is 10.0. The summed E-state index contributed by atoms with van der Waals surface area (Å²) >= 11 is 0. The van der Waals surface area contributed by atoms with E-state index in [1.54, 1.807) is 37.3 Å². The van der Waals surface area contributed by atoms with Crippen LogP contribution in [0.25, 0.3) is 0 Å². The summed E-state index contributed by atoms with van der Waals surface area (Å²) in [6, 6.07) is 12.0. The van der Waals surface area contributed by atoms with Gasteiger partial charge in [-0.25, -0.2) is 28.2 Å². The maximum atomic E-state index is 12.7. The first-order valence-corrected chi connectivity index (χ1v) is 13.9. The lowest BCUT2D eigenvalue weighted by molar-refractivity contribution is -0.384. The highest BCUT2D eigenvalue weighted by atomic mass is 32.2. The smallest absolute Gasteiger partial charge is 0.464 e. The molecule has 0 aliphatic heterocycles. The molecule has 0 spiro atoms. The Kier molecular flexibility index (Phi) is 10.1. The molecule has 0 saturated carbocycles.